The Morgan fingerprint density at radius 3 is 2.34 bits per heavy atom. The van der Waals surface area contributed by atoms with E-state index < -0.39 is 0 Å². The molecule has 0 aliphatic carbocycles. The number of rotatable bonds is 7. The molecule has 4 saturated heterocycles. The molecule has 2 aromatic carbocycles. The predicted molar refractivity (Wildman–Crippen MR) is 140 cm³/mol. The monoisotopic (exact) mass is 479 g/mol. The van der Waals surface area contributed by atoms with Crippen molar-refractivity contribution < 1.29 is 9.18 Å². The minimum absolute atomic E-state index is 0.0218. The number of benzene rings is 2. The Balaban J connectivity index is 1.07. The third kappa shape index (κ3) is 5.62. The van der Waals surface area contributed by atoms with Crippen LogP contribution in [0.25, 0.3) is 0 Å². The van der Waals surface area contributed by atoms with Gasteiger partial charge in [0.15, 0.2) is 0 Å². The Morgan fingerprint density at radius 1 is 1.00 bits per heavy atom. The lowest BCUT2D eigenvalue weighted by Crippen LogP contribution is -2.59. The van der Waals surface area contributed by atoms with Gasteiger partial charge in [0.1, 0.15) is 5.82 Å². The van der Waals surface area contributed by atoms with Crippen LogP contribution in [-0.2, 0) is 0 Å². The zero-order valence-corrected chi connectivity index (χ0v) is 21.0. The fourth-order valence-electron chi connectivity index (χ4n) is 6.06. The number of halogens is 1. The number of carbonyl (C=O) groups is 1. The number of nitrogens with zero attached hydrogens (tertiary/aromatic N) is 4. The van der Waals surface area contributed by atoms with Crippen molar-refractivity contribution in [2.24, 2.45) is 11.8 Å². The molecule has 6 rings (SSSR count). The first kappa shape index (κ1) is 24.1. The number of piperazine rings is 1. The van der Waals surface area contributed by atoms with Crippen LogP contribution in [0.15, 0.2) is 48.5 Å². The molecule has 4 aliphatic rings. The van der Waals surface area contributed by atoms with E-state index in [4.69, 9.17) is 0 Å². The van der Waals surface area contributed by atoms with Crippen molar-refractivity contribution in [3.05, 3.63) is 59.9 Å². The fraction of sp³-hybridized carbons (Fsp3) is 0.536. The van der Waals surface area contributed by atoms with Crippen molar-refractivity contribution in [3.63, 3.8) is 0 Å². The molecule has 0 radical (unpaired) electrons. The lowest BCUT2D eigenvalue weighted by molar-refractivity contribution is -0.0120. The number of hydrogen-bond donors (Lipinski definition) is 1. The molecule has 0 saturated carbocycles. The van der Waals surface area contributed by atoms with Crippen LogP contribution in [0, 0.1) is 17.7 Å². The SMILES string of the molecule is CN(C)c1ccc(C(=O)NC[C@H]2C[C@@H]3CCN2C[C@@H]3CN2CCN(c3ccc(F)cc3)CC2)cc1. The molecule has 0 aromatic heterocycles. The highest BCUT2D eigenvalue weighted by atomic mass is 19.1. The van der Waals surface area contributed by atoms with Crippen LogP contribution in [0.2, 0.25) is 0 Å². The zero-order chi connectivity index (χ0) is 24.4. The van der Waals surface area contributed by atoms with E-state index in [2.05, 4.69) is 20.0 Å². The van der Waals surface area contributed by atoms with Crippen LogP contribution in [0.5, 0.6) is 0 Å². The fourth-order valence-corrected chi connectivity index (χ4v) is 6.06. The van der Waals surface area contributed by atoms with Gasteiger partial charge in [-0.1, -0.05) is 0 Å². The van der Waals surface area contributed by atoms with E-state index in [9.17, 15) is 9.18 Å². The molecular formula is C28H38FN5O. The van der Waals surface area contributed by atoms with E-state index in [1.807, 2.05) is 55.4 Å². The lowest BCUT2D eigenvalue weighted by Gasteiger charge is -2.51. The maximum atomic E-state index is 13.2. The van der Waals surface area contributed by atoms with Crippen molar-refractivity contribution in [2.75, 3.05) is 76.3 Å². The van der Waals surface area contributed by atoms with Crippen LogP contribution < -0.4 is 15.1 Å². The average molecular weight is 480 g/mol. The predicted octanol–water partition coefficient (Wildman–Crippen LogP) is 3.15. The van der Waals surface area contributed by atoms with Gasteiger partial charge in [0.2, 0.25) is 0 Å². The number of amides is 1. The summed E-state index contributed by atoms with van der Waals surface area (Å²) in [6.07, 6.45) is 2.46. The van der Waals surface area contributed by atoms with Crippen LogP contribution in [-0.4, -0.2) is 88.2 Å². The number of piperidine rings is 3. The van der Waals surface area contributed by atoms with Crippen LogP contribution in [0.1, 0.15) is 23.2 Å². The van der Waals surface area contributed by atoms with Gasteiger partial charge >= 0.3 is 0 Å². The topological polar surface area (TPSA) is 42.1 Å². The molecule has 6 nitrogen and oxygen atoms in total. The average Bonchev–Trinajstić information content (AvgIpc) is 2.89. The maximum Gasteiger partial charge on any atom is 0.251 e. The summed E-state index contributed by atoms with van der Waals surface area (Å²) in [6.45, 7) is 8.30. The van der Waals surface area contributed by atoms with Crippen molar-refractivity contribution in [1.29, 1.82) is 0 Å². The van der Waals surface area contributed by atoms with Crippen LogP contribution >= 0.6 is 0 Å². The number of carbonyl (C=O) groups excluding carboxylic acids is 1. The molecule has 4 atom stereocenters. The molecule has 188 valence electrons. The first-order valence-electron chi connectivity index (χ1n) is 13.0. The van der Waals surface area contributed by atoms with E-state index in [1.165, 1.54) is 12.8 Å². The number of nitrogens with one attached hydrogen (secondary N) is 1. The van der Waals surface area contributed by atoms with Crippen molar-refractivity contribution >= 4 is 17.3 Å². The number of fused-ring (bicyclic) bond motifs is 3. The maximum absolute atomic E-state index is 13.2. The summed E-state index contributed by atoms with van der Waals surface area (Å²) in [5.74, 6) is 1.31. The molecule has 1 unspecified atom stereocenters. The smallest absolute Gasteiger partial charge is 0.251 e. The standard InChI is InChI=1S/C28H38FN5O/c1-31(2)25-7-3-21(4-8-25)28(35)30-18-27-17-22-11-12-34(27)20-23(22)19-32-13-15-33(16-14-32)26-9-5-24(29)6-10-26/h3-10,22-23,27H,11-20H2,1-2H3,(H,30,35)/t22-,23-,27+/m0/s1. The molecule has 7 heteroatoms. The van der Waals surface area contributed by atoms with Crippen LogP contribution in [0.4, 0.5) is 15.8 Å². The zero-order valence-electron chi connectivity index (χ0n) is 21.0. The van der Waals surface area contributed by atoms with Gasteiger partial charge in [-0.05, 0) is 79.8 Å². The molecule has 1 amide bonds. The normalized spacial score (nSPS) is 26.5. The van der Waals surface area contributed by atoms with Gasteiger partial charge < -0.3 is 15.1 Å². The van der Waals surface area contributed by atoms with Crippen molar-refractivity contribution in [2.45, 2.75) is 18.9 Å². The molecule has 1 N–H and O–H groups in total. The Morgan fingerprint density at radius 2 is 1.71 bits per heavy atom. The molecule has 4 heterocycles. The third-order valence-corrected chi connectivity index (χ3v) is 8.21. The molecule has 35 heavy (non-hydrogen) atoms. The summed E-state index contributed by atoms with van der Waals surface area (Å²) in [5, 5.41) is 3.19. The summed E-state index contributed by atoms with van der Waals surface area (Å²) in [6, 6.07) is 15.1. The Bertz CT molecular complexity index is 987. The Kier molecular flexibility index (Phi) is 7.25. The van der Waals surface area contributed by atoms with Gasteiger partial charge in [0, 0.05) is 82.9 Å². The van der Waals surface area contributed by atoms with E-state index in [0.717, 1.165) is 75.2 Å². The van der Waals surface area contributed by atoms with Crippen molar-refractivity contribution in [3.8, 4) is 0 Å². The largest absolute Gasteiger partial charge is 0.378 e. The van der Waals surface area contributed by atoms with Crippen molar-refractivity contribution in [1.82, 2.24) is 15.1 Å². The number of anilines is 2. The molecule has 4 fully saturated rings. The Hall–Kier alpha value is -2.64. The summed E-state index contributed by atoms with van der Waals surface area (Å²) in [7, 11) is 4.01. The summed E-state index contributed by atoms with van der Waals surface area (Å²) in [4.78, 5) is 22.3. The van der Waals surface area contributed by atoms with E-state index in [0.29, 0.717) is 12.0 Å². The van der Waals surface area contributed by atoms with Gasteiger partial charge in [-0.15, -0.1) is 0 Å². The van der Waals surface area contributed by atoms with Gasteiger partial charge in [-0.3, -0.25) is 14.6 Å². The Labute approximate surface area is 208 Å². The summed E-state index contributed by atoms with van der Waals surface area (Å²) in [5.41, 5.74) is 2.94. The van der Waals surface area contributed by atoms with Gasteiger partial charge in [-0.25, -0.2) is 4.39 Å². The summed E-state index contributed by atoms with van der Waals surface area (Å²) < 4.78 is 13.2. The van der Waals surface area contributed by atoms with Gasteiger partial charge in [-0.2, -0.15) is 0 Å². The van der Waals surface area contributed by atoms with E-state index in [-0.39, 0.29) is 11.7 Å². The third-order valence-electron chi connectivity index (χ3n) is 8.21. The second-order valence-corrected chi connectivity index (χ2v) is 10.6. The first-order chi connectivity index (χ1) is 17.0. The van der Waals surface area contributed by atoms with Crippen LogP contribution in [0.3, 0.4) is 0 Å². The molecule has 4 aliphatic heterocycles. The number of hydrogen-bond acceptors (Lipinski definition) is 5. The molecule has 0 spiro atoms. The highest BCUT2D eigenvalue weighted by molar-refractivity contribution is 5.94. The molecule has 2 bridgehead atoms. The quantitative estimate of drug-likeness (QED) is 0.661. The highest BCUT2D eigenvalue weighted by Crippen LogP contribution is 2.36. The lowest BCUT2D eigenvalue weighted by atomic mass is 9.75. The molecule has 2 aromatic rings. The minimum atomic E-state index is -0.175. The highest BCUT2D eigenvalue weighted by Gasteiger charge is 2.40. The first-order valence-corrected chi connectivity index (χ1v) is 13.0. The minimum Gasteiger partial charge on any atom is -0.378 e. The second-order valence-electron chi connectivity index (χ2n) is 10.6. The summed E-state index contributed by atoms with van der Waals surface area (Å²) >= 11 is 0. The second kappa shape index (κ2) is 10.5. The van der Waals surface area contributed by atoms with Gasteiger partial charge in [0.05, 0.1) is 0 Å². The van der Waals surface area contributed by atoms with Gasteiger partial charge in [0.25, 0.3) is 5.91 Å². The molecular weight excluding hydrogens is 441 g/mol. The van der Waals surface area contributed by atoms with E-state index >= 15 is 0 Å². The van der Waals surface area contributed by atoms with E-state index in [1.54, 1.807) is 12.1 Å².